The van der Waals surface area contributed by atoms with E-state index in [1.807, 2.05) is 22.2 Å². The van der Waals surface area contributed by atoms with Crippen molar-refractivity contribution in [3.05, 3.63) is 53.3 Å². The van der Waals surface area contributed by atoms with E-state index in [1.54, 1.807) is 24.3 Å². The third-order valence-electron chi connectivity index (χ3n) is 4.09. The van der Waals surface area contributed by atoms with Gasteiger partial charge in [0, 0.05) is 29.9 Å². The van der Waals surface area contributed by atoms with E-state index in [0.29, 0.717) is 30.8 Å². The van der Waals surface area contributed by atoms with E-state index in [4.69, 9.17) is 0 Å². The van der Waals surface area contributed by atoms with Crippen LogP contribution in [-0.4, -0.2) is 36.0 Å². The minimum absolute atomic E-state index is 0.178. The average Bonchev–Trinajstić information content (AvgIpc) is 3.26. The fraction of sp³-hybridized carbons (Fsp3) is 0.250. The molecule has 3 aromatic rings. The molecular weight excluding hydrogens is 360 g/mol. The standard InChI is InChI=1S/C16H16N4O3S2/c21-15(17-10-13-11-19-7-8-24-16(19)18-13)12-2-4-14(5-3-12)20-6-1-9-25(20,22)23/h2-5,7-8,11H,1,6,9-10H2,(H,17,21). The molecule has 1 N–H and O–H groups in total. The first-order chi connectivity index (χ1) is 12.0. The van der Waals surface area contributed by atoms with Crippen LogP contribution < -0.4 is 9.62 Å². The number of sulfonamides is 1. The second kappa shape index (κ2) is 6.16. The number of carbonyl (C=O) groups is 1. The Bertz CT molecular complexity index is 993. The zero-order chi connectivity index (χ0) is 17.4. The van der Waals surface area contributed by atoms with Crippen LogP contribution in [0.4, 0.5) is 5.69 Å². The molecule has 130 valence electrons. The normalized spacial score (nSPS) is 16.4. The molecule has 1 aromatic carbocycles. The van der Waals surface area contributed by atoms with Crippen molar-refractivity contribution in [3.8, 4) is 0 Å². The van der Waals surface area contributed by atoms with Crippen molar-refractivity contribution >= 4 is 37.9 Å². The highest BCUT2D eigenvalue weighted by molar-refractivity contribution is 7.93. The predicted molar refractivity (Wildman–Crippen MR) is 96.4 cm³/mol. The van der Waals surface area contributed by atoms with Crippen LogP contribution in [0.5, 0.6) is 0 Å². The smallest absolute Gasteiger partial charge is 0.251 e. The summed E-state index contributed by atoms with van der Waals surface area (Å²) in [7, 11) is -3.20. The van der Waals surface area contributed by atoms with Gasteiger partial charge in [0.05, 0.1) is 23.7 Å². The van der Waals surface area contributed by atoms with E-state index in [9.17, 15) is 13.2 Å². The van der Waals surface area contributed by atoms with Gasteiger partial charge in [-0.15, -0.1) is 11.3 Å². The Morgan fingerprint density at radius 1 is 1.28 bits per heavy atom. The maximum Gasteiger partial charge on any atom is 0.251 e. The molecule has 0 atom stereocenters. The van der Waals surface area contributed by atoms with Gasteiger partial charge in [0.25, 0.3) is 5.91 Å². The molecule has 7 nitrogen and oxygen atoms in total. The summed E-state index contributed by atoms with van der Waals surface area (Å²) in [5, 5.41) is 4.78. The zero-order valence-corrected chi connectivity index (χ0v) is 14.9. The zero-order valence-electron chi connectivity index (χ0n) is 13.3. The predicted octanol–water partition coefficient (Wildman–Crippen LogP) is 1.87. The van der Waals surface area contributed by atoms with Gasteiger partial charge in [0.1, 0.15) is 0 Å². The molecule has 0 unspecified atom stereocenters. The fourth-order valence-electron chi connectivity index (χ4n) is 2.84. The molecule has 1 amide bonds. The second-order valence-corrected chi connectivity index (χ2v) is 8.68. The highest BCUT2D eigenvalue weighted by Gasteiger charge is 2.28. The third kappa shape index (κ3) is 3.12. The van der Waals surface area contributed by atoms with Gasteiger partial charge in [-0.2, -0.15) is 0 Å². The number of nitrogens with one attached hydrogen (secondary N) is 1. The monoisotopic (exact) mass is 376 g/mol. The number of fused-ring (bicyclic) bond motifs is 1. The summed E-state index contributed by atoms with van der Waals surface area (Å²) >= 11 is 1.54. The second-order valence-electron chi connectivity index (χ2n) is 5.80. The number of amides is 1. The lowest BCUT2D eigenvalue weighted by Gasteiger charge is -2.17. The Kier molecular flexibility index (Phi) is 3.97. The van der Waals surface area contributed by atoms with Crippen LogP contribution in [0.15, 0.2) is 42.0 Å². The third-order valence-corrected chi connectivity index (χ3v) is 6.73. The molecule has 2 aromatic heterocycles. The molecule has 1 aliphatic heterocycles. The van der Waals surface area contributed by atoms with Crippen LogP contribution in [0.25, 0.3) is 4.96 Å². The highest BCUT2D eigenvalue weighted by Crippen LogP contribution is 2.24. The van der Waals surface area contributed by atoms with E-state index in [2.05, 4.69) is 10.3 Å². The highest BCUT2D eigenvalue weighted by atomic mass is 32.2. The lowest BCUT2D eigenvalue weighted by molar-refractivity contribution is 0.0950. The topological polar surface area (TPSA) is 83.8 Å². The molecule has 0 bridgehead atoms. The van der Waals surface area contributed by atoms with Gasteiger partial charge in [0.2, 0.25) is 10.0 Å². The number of hydrogen-bond donors (Lipinski definition) is 1. The molecule has 3 heterocycles. The number of rotatable bonds is 4. The van der Waals surface area contributed by atoms with Gasteiger partial charge in [-0.05, 0) is 30.7 Å². The Morgan fingerprint density at radius 2 is 2.08 bits per heavy atom. The number of carbonyl (C=O) groups excluding carboxylic acids is 1. The van der Waals surface area contributed by atoms with Crippen molar-refractivity contribution < 1.29 is 13.2 Å². The molecule has 0 spiro atoms. The van der Waals surface area contributed by atoms with E-state index >= 15 is 0 Å². The summed E-state index contributed by atoms with van der Waals surface area (Å²) in [6.07, 6.45) is 4.43. The largest absolute Gasteiger partial charge is 0.346 e. The van der Waals surface area contributed by atoms with Gasteiger partial charge in [-0.25, -0.2) is 13.4 Å². The maximum atomic E-state index is 12.3. The summed E-state index contributed by atoms with van der Waals surface area (Å²) in [5.41, 5.74) is 1.88. The average molecular weight is 376 g/mol. The van der Waals surface area contributed by atoms with Crippen LogP contribution >= 0.6 is 11.3 Å². The molecular formula is C16H16N4O3S2. The Hall–Kier alpha value is -2.39. The Labute approximate surface area is 149 Å². The van der Waals surface area contributed by atoms with Gasteiger partial charge in [-0.1, -0.05) is 0 Å². The van der Waals surface area contributed by atoms with Crippen molar-refractivity contribution in [2.45, 2.75) is 13.0 Å². The molecule has 0 aliphatic carbocycles. The summed E-state index contributed by atoms with van der Waals surface area (Å²) in [6, 6.07) is 6.63. The number of benzene rings is 1. The quantitative estimate of drug-likeness (QED) is 0.753. The molecule has 1 saturated heterocycles. The van der Waals surface area contributed by atoms with Gasteiger partial charge in [-0.3, -0.25) is 13.5 Å². The minimum Gasteiger partial charge on any atom is -0.346 e. The van der Waals surface area contributed by atoms with Crippen LogP contribution in [0.2, 0.25) is 0 Å². The summed E-state index contributed by atoms with van der Waals surface area (Å²) in [5.74, 6) is -0.0376. The number of thiazole rings is 1. The Balaban J connectivity index is 1.42. The van der Waals surface area contributed by atoms with Crippen LogP contribution in [-0.2, 0) is 16.6 Å². The van der Waals surface area contributed by atoms with Gasteiger partial charge in [0.15, 0.2) is 4.96 Å². The lowest BCUT2D eigenvalue weighted by atomic mass is 10.2. The molecule has 4 rings (SSSR count). The van der Waals surface area contributed by atoms with Crippen molar-refractivity contribution in [1.29, 1.82) is 0 Å². The van der Waals surface area contributed by atoms with Gasteiger partial charge >= 0.3 is 0 Å². The molecule has 1 fully saturated rings. The maximum absolute atomic E-state index is 12.3. The SMILES string of the molecule is O=C(NCc1cn2ccsc2n1)c1ccc(N2CCCS2(=O)=O)cc1. The number of anilines is 1. The number of hydrogen-bond acceptors (Lipinski definition) is 5. The lowest BCUT2D eigenvalue weighted by Crippen LogP contribution is -2.25. The van der Waals surface area contributed by atoms with Gasteiger partial charge < -0.3 is 5.32 Å². The van der Waals surface area contributed by atoms with E-state index < -0.39 is 10.0 Å². The summed E-state index contributed by atoms with van der Waals surface area (Å²) in [6.45, 7) is 0.834. The van der Waals surface area contributed by atoms with Crippen LogP contribution in [0.3, 0.4) is 0 Å². The summed E-state index contributed by atoms with van der Waals surface area (Å²) in [4.78, 5) is 17.6. The minimum atomic E-state index is -3.20. The first kappa shape index (κ1) is 16.1. The van der Waals surface area contributed by atoms with Crippen LogP contribution in [0, 0.1) is 0 Å². The van der Waals surface area contributed by atoms with E-state index in [-0.39, 0.29) is 11.7 Å². The van der Waals surface area contributed by atoms with Crippen molar-refractivity contribution in [2.75, 3.05) is 16.6 Å². The van der Waals surface area contributed by atoms with Crippen molar-refractivity contribution in [2.24, 2.45) is 0 Å². The van der Waals surface area contributed by atoms with Crippen molar-refractivity contribution in [3.63, 3.8) is 0 Å². The molecule has 25 heavy (non-hydrogen) atoms. The fourth-order valence-corrected chi connectivity index (χ4v) is 5.13. The molecule has 9 heteroatoms. The summed E-state index contributed by atoms with van der Waals surface area (Å²) < 4.78 is 27.2. The first-order valence-corrected chi connectivity index (χ1v) is 10.3. The molecule has 0 saturated carbocycles. The molecule has 0 radical (unpaired) electrons. The number of imidazole rings is 1. The Morgan fingerprint density at radius 3 is 2.76 bits per heavy atom. The molecule has 1 aliphatic rings. The van der Waals surface area contributed by atoms with E-state index in [1.165, 1.54) is 15.6 Å². The first-order valence-electron chi connectivity index (χ1n) is 7.83. The number of nitrogens with zero attached hydrogens (tertiary/aromatic N) is 3. The van der Waals surface area contributed by atoms with E-state index in [0.717, 1.165) is 10.7 Å². The van der Waals surface area contributed by atoms with Crippen LogP contribution in [0.1, 0.15) is 22.5 Å². The number of aromatic nitrogens is 2. The van der Waals surface area contributed by atoms with Crippen molar-refractivity contribution in [1.82, 2.24) is 14.7 Å².